The van der Waals surface area contributed by atoms with E-state index in [-0.39, 0.29) is 0 Å². The summed E-state index contributed by atoms with van der Waals surface area (Å²) in [4.78, 5) is 76.4. The number of rotatable bonds is 2. The number of thiophene rings is 1. The zero-order chi connectivity index (χ0) is 28.6. The Balaban J connectivity index is 1.89. The van der Waals surface area contributed by atoms with Crippen LogP contribution in [0.15, 0.2) is 55.6 Å². The molecule has 8 nitrogen and oxygen atoms in total. The molecule has 0 unspecified atom stereocenters. The van der Waals surface area contributed by atoms with Gasteiger partial charge in [0, 0.05) is 10.8 Å². The smallest absolute Gasteiger partial charge is 0.318 e. The molecule has 0 atom stereocenters. The first-order valence-corrected chi connectivity index (χ1v) is 11.3. The average Bonchev–Trinajstić information content (AvgIpc) is 3.26. The molecule has 15 heteroatoms. The summed E-state index contributed by atoms with van der Waals surface area (Å²) in [5.41, 5.74) is -5.39. The van der Waals surface area contributed by atoms with Gasteiger partial charge < -0.3 is 10.6 Å². The standard InChI is InChI=1S/C24H8F6N2O6S/c25-23(26,27)21(37)31-9-5-1-3-7-11(9)17(35)19-13(15(7)33)14-16(34)8-4-2-6-10(32-22(38)24(28,29)30)12(8)18(36)20(14)39-19/h1-6H,(H,31,37)(H,32,38). The molecule has 2 N–H and O–H groups in total. The van der Waals surface area contributed by atoms with Crippen LogP contribution in [0.5, 0.6) is 0 Å². The molecule has 0 aliphatic heterocycles. The maximum Gasteiger partial charge on any atom is 0.471 e. The first-order chi connectivity index (χ1) is 18.1. The molecule has 0 fully saturated rings. The molecule has 4 aromatic carbocycles. The predicted molar refractivity (Wildman–Crippen MR) is 131 cm³/mol. The van der Waals surface area contributed by atoms with Crippen molar-refractivity contribution in [2.24, 2.45) is 0 Å². The minimum atomic E-state index is -5.32. The topological polar surface area (TPSA) is 126 Å². The number of alkyl halides is 6. The van der Waals surface area contributed by atoms with E-state index in [1.165, 1.54) is 10.6 Å². The highest BCUT2D eigenvalue weighted by atomic mass is 32.1. The second-order valence-electron chi connectivity index (χ2n) is 8.19. The third-order valence-corrected chi connectivity index (χ3v) is 7.05. The van der Waals surface area contributed by atoms with Crippen molar-refractivity contribution in [3.05, 3.63) is 77.3 Å². The first kappa shape index (κ1) is 26.0. The summed E-state index contributed by atoms with van der Waals surface area (Å²) in [5.74, 6) is -4.83. The van der Waals surface area contributed by atoms with E-state index in [1.54, 1.807) is 0 Å². The van der Waals surface area contributed by atoms with Crippen molar-refractivity contribution in [1.82, 2.24) is 0 Å². The van der Waals surface area contributed by atoms with Gasteiger partial charge in [0.1, 0.15) is 0 Å². The van der Waals surface area contributed by atoms with Crippen LogP contribution in [-0.4, -0.2) is 24.2 Å². The van der Waals surface area contributed by atoms with Gasteiger partial charge in [-0.3, -0.25) is 28.8 Å². The van der Waals surface area contributed by atoms with Crippen molar-refractivity contribution in [2.75, 3.05) is 10.6 Å². The fourth-order valence-electron chi connectivity index (χ4n) is 4.25. The molecule has 1 heterocycles. The van der Waals surface area contributed by atoms with Crippen molar-refractivity contribution >= 4 is 76.2 Å². The van der Waals surface area contributed by atoms with Crippen molar-refractivity contribution < 1.29 is 35.9 Å². The zero-order valence-electron chi connectivity index (χ0n) is 18.6. The van der Waals surface area contributed by atoms with Gasteiger partial charge in [-0.05, 0) is 12.1 Å². The monoisotopic (exact) mass is 566 g/mol. The summed E-state index contributed by atoms with van der Waals surface area (Å²) in [7, 11) is 0. The third kappa shape index (κ3) is 3.93. The van der Waals surface area contributed by atoms with Crippen molar-refractivity contribution in [2.45, 2.75) is 12.4 Å². The van der Waals surface area contributed by atoms with Crippen LogP contribution in [0.2, 0.25) is 0 Å². The minimum absolute atomic E-state index is 0.344. The number of carbonyl (C=O) groups excluding carboxylic acids is 2. The van der Waals surface area contributed by atoms with Crippen LogP contribution < -0.4 is 32.3 Å². The summed E-state index contributed by atoms with van der Waals surface area (Å²) in [6.07, 6.45) is -10.6. The lowest BCUT2D eigenvalue weighted by atomic mass is 10.0. The van der Waals surface area contributed by atoms with E-state index in [0.717, 1.165) is 36.4 Å². The highest BCUT2D eigenvalue weighted by molar-refractivity contribution is 7.25. The Morgan fingerprint density at radius 1 is 0.564 bits per heavy atom. The molecule has 2 amide bonds. The quantitative estimate of drug-likeness (QED) is 0.314. The molecule has 5 rings (SSSR count). The van der Waals surface area contributed by atoms with Crippen LogP contribution in [0, 0.1) is 0 Å². The molecular weight excluding hydrogens is 558 g/mol. The van der Waals surface area contributed by atoms with E-state index in [0.29, 0.717) is 11.3 Å². The Kier molecular flexibility index (Phi) is 5.61. The molecule has 198 valence electrons. The Morgan fingerprint density at radius 3 is 1.26 bits per heavy atom. The number of fused-ring (bicyclic) bond motifs is 5. The zero-order valence-corrected chi connectivity index (χ0v) is 19.4. The molecule has 0 saturated carbocycles. The number of benzene rings is 4. The molecule has 0 bridgehead atoms. The normalized spacial score (nSPS) is 12.5. The molecule has 1 aromatic heterocycles. The fraction of sp³-hybridized carbons (Fsp3) is 0.0833. The van der Waals surface area contributed by atoms with E-state index >= 15 is 0 Å². The van der Waals surface area contributed by atoms with Crippen LogP contribution in [0.1, 0.15) is 0 Å². The van der Waals surface area contributed by atoms with Gasteiger partial charge in [0.2, 0.25) is 10.9 Å². The van der Waals surface area contributed by atoms with E-state index in [4.69, 9.17) is 0 Å². The van der Waals surface area contributed by atoms with Crippen molar-refractivity contribution in [1.29, 1.82) is 0 Å². The molecule has 39 heavy (non-hydrogen) atoms. The summed E-state index contributed by atoms with van der Waals surface area (Å²) >= 11 is 0.344. The third-order valence-electron chi connectivity index (χ3n) is 5.86. The molecule has 0 aliphatic rings. The maximum absolute atomic E-state index is 13.4. The predicted octanol–water partition coefficient (Wildman–Crippen LogP) is 3.68. The molecule has 0 spiro atoms. The minimum Gasteiger partial charge on any atom is -0.318 e. The van der Waals surface area contributed by atoms with Gasteiger partial charge in [0.25, 0.3) is 0 Å². The summed E-state index contributed by atoms with van der Waals surface area (Å²) in [5, 5.41) is -0.0199. The van der Waals surface area contributed by atoms with Gasteiger partial charge in [-0.1, -0.05) is 24.3 Å². The number of hydrogen-bond donors (Lipinski definition) is 2. The maximum atomic E-state index is 13.4. The van der Waals surface area contributed by atoms with Crippen molar-refractivity contribution in [3.8, 4) is 0 Å². The lowest BCUT2D eigenvalue weighted by molar-refractivity contribution is -0.167. The largest absolute Gasteiger partial charge is 0.471 e. The Bertz CT molecular complexity index is 1970. The number of hydrogen-bond acceptors (Lipinski definition) is 7. The Morgan fingerprint density at radius 2 is 0.923 bits per heavy atom. The van der Waals surface area contributed by atoms with E-state index in [9.17, 15) is 55.1 Å². The lowest BCUT2D eigenvalue weighted by Gasteiger charge is -2.10. The highest BCUT2D eigenvalue weighted by Gasteiger charge is 2.40. The average molecular weight is 566 g/mol. The Hall–Kier alpha value is -4.66. The SMILES string of the molecule is O=C(Nc1cccc2c(=O)c3c(sc4c(=O)c5c(NC(=O)C(F)(F)F)cccc5c(=O)c43)c(=O)c12)C(F)(F)F. The van der Waals surface area contributed by atoms with E-state index < -0.39 is 99.0 Å². The summed E-state index contributed by atoms with van der Waals surface area (Å²) < 4.78 is 75.8. The Labute approximate surface area is 212 Å². The van der Waals surface area contributed by atoms with Gasteiger partial charge in [0.15, 0.2) is 10.9 Å². The molecule has 5 aromatic rings. The van der Waals surface area contributed by atoms with Crippen LogP contribution in [0.4, 0.5) is 37.7 Å². The van der Waals surface area contributed by atoms with Gasteiger partial charge in [-0.25, -0.2) is 0 Å². The van der Waals surface area contributed by atoms with Crippen molar-refractivity contribution in [3.63, 3.8) is 0 Å². The van der Waals surface area contributed by atoms with Crippen LogP contribution in [0.3, 0.4) is 0 Å². The molecule has 0 aliphatic carbocycles. The number of halogens is 6. The van der Waals surface area contributed by atoms with E-state index in [2.05, 4.69) is 0 Å². The van der Waals surface area contributed by atoms with Gasteiger partial charge in [-0.2, -0.15) is 26.3 Å². The van der Waals surface area contributed by atoms with Gasteiger partial charge in [-0.15, -0.1) is 11.3 Å². The van der Waals surface area contributed by atoms with E-state index in [1.807, 2.05) is 0 Å². The van der Waals surface area contributed by atoms with Crippen LogP contribution in [0.25, 0.3) is 41.7 Å². The van der Waals surface area contributed by atoms with Gasteiger partial charge in [0.05, 0.1) is 42.3 Å². The van der Waals surface area contributed by atoms with Crippen LogP contribution >= 0.6 is 11.3 Å². The number of anilines is 2. The fourth-order valence-corrected chi connectivity index (χ4v) is 5.43. The second-order valence-corrected chi connectivity index (χ2v) is 9.21. The number of amides is 2. The van der Waals surface area contributed by atoms with Crippen LogP contribution in [-0.2, 0) is 9.59 Å². The second kappa shape index (κ2) is 8.42. The molecule has 0 saturated heterocycles. The summed E-state index contributed by atoms with van der Waals surface area (Å²) in [6.45, 7) is 0. The first-order valence-electron chi connectivity index (χ1n) is 10.5. The van der Waals surface area contributed by atoms with Gasteiger partial charge >= 0.3 is 24.2 Å². The number of nitrogens with one attached hydrogen (secondary N) is 2. The molecule has 0 radical (unpaired) electrons. The summed E-state index contributed by atoms with van der Waals surface area (Å²) in [6, 6.07) is 6.26. The lowest BCUT2D eigenvalue weighted by Crippen LogP contribution is -2.30. The highest BCUT2D eigenvalue weighted by Crippen LogP contribution is 2.32. The number of carbonyl (C=O) groups is 2. The molecular formula is C24H8F6N2O6S.